The Hall–Kier alpha value is -1.12. The smallest absolute Gasteiger partial charge is 0.145 e. The first kappa shape index (κ1) is 5.65. The number of nitrogens with one attached hydrogen (secondary N) is 1. The number of nitrogens with zero attached hydrogens (tertiary/aromatic N) is 2. The number of aliphatic imine (C=N–C) groups is 1. The van der Waals surface area contributed by atoms with Gasteiger partial charge in [0.15, 0.2) is 0 Å². The van der Waals surface area contributed by atoms with E-state index < -0.39 is 0 Å². The van der Waals surface area contributed by atoms with Crippen LogP contribution in [0.15, 0.2) is 21.7 Å². The summed E-state index contributed by atoms with van der Waals surface area (Å²) in [5, 5.41) is 3.93. The van der Waals surface area contributed by atoms with E-state index in [0.717, 1.165) is 0 Å². The molecular weight excluding hydrogens is 126 g/mol. The first-order chi connectivity index (χ1) is 4.86. The van der Waals surface area contributed by atoms with Crippen LogP contribution < -0.4 is 5.43 Å². The summed E-state index contributed by atoms with van der Waals surface area (Å²) in [4.78, 5) is 4.24. The second-order valence-electron chi connectivity index (χ2n) is 2.62. The number of fused-ring (bicyclic) bond motifs is 1. The van der Waals surface area contributed by atoms with Gasteiger partial charge in [-0.3, -0.25) is 10.4 Å². The van der Waals surface area contributed by atoms with Crippen molar-refractivity contribution in [1.82, 2.24) is 5.43 Å². The molecule has 52 valence electrons. The maximum atomic E-state index is 4.24. The summed E-state index contributed by atoms with van der Waals surface area (Å²) in [5.41, 5.74) is 4.12. The Morgan fingerprint density at radius 1 is 1.60 bits per heavy atom. The van der Waals surface area contributed by atoms with Crippen molar-refractivity contribution in [1.29, 1.82) is 0 Å². The highest BCUT2D eigenvalue weighted by Crippen LogP contribution is 2.15. The zero-order valence-corrected chi connectivity index (χ0v) is 5.78. The molecule has 0 amide bonds. The summed E-state index contributed by atoms with van der Waals surface area (Å²) in [5.74, 6) is 0.380. The minimum Gasteiger partial charge on any atom is -0.285 e. The van der Waals surface area contributed by atoms with Crippen LogP contribution >= 0.6 is 0 Å². The van der Waals surface area contributed by atoms with Gasteiger partial charge < -0.3 is 0 Å². The molecule has 3 heteroatoms. The van der Waals surface area contributed by atoms with Gasteiger partial charge >= 0.3 is 0 Å². The lowest BCUT2D eigenvalue weighted by Crippen LogP contribution is -2.26. The predicted molar refractivity (Wildman–Crippen MR) is 41.2 cm³/mol. The number of hydrogen-bond donors (Lipinski definition) is 1. The van der Waals surface area contributed by atoms with Gasteiger partial charge in [0.05, 0.1) is 5.92 Å². The number of rotatable bonds is 0. The molecule has 2 atom stereocenters. The van der Waals surface area contributed by atoms with Crippen LogP contribution in [0.2, 0.25) is 0 Å². The molecule has 0 aromatic heterocycles. The van der Waals surface area contributed by atoms with Crippen LogP contribution in [-0.4, -0.2) is 18.6 Å². The zero-order chi connectivity index (χ0) is 6.97. The van der Waals surface area contributed by atoms with E-state index in [9.17, 15) is 0 Å². The maximum absolute atomic E-state index is 4.24. The van der Waals surface area contributed by atoms with Crippen molar-refractivity contribution in [3.05, 3.63) is 11.6 Å². The van der Waals surface area contributed by atoms with Gasteiger partial charge in [-0.2, -0.15) is 5.10 Å². The molecule has 0 aromatic rings. The Kier molecular flexibility index (Phi) is 1.09. The summed E-state index contributed by atoms with van der Waals surface area (Å²) < 4.78 is 0. The predicted octanol–water partition coefficient (Wildman–Crippen LogP) is 0.548. The third kappa shape index (κ3) is 0.744. The minimum atomic E-state index is 0.170. The fourth-order valence-electron chi connectivity index (χ4n) is 1.18. The third-order valence-electron chi connectivity index (χ3n) is 1.71. The van der Waals surface area contributed by atoms with Crippen LogP contribution in [0.25, 0.3) is 0 Å². The molecule has 2 unspecified atom stereocenters. The Morgan fingerprint density at radius 3 is 3.40 bits per heavy atom. The first-order valence-electron chi connectivity index (χ1n) is 3.36. The molecule has 0 radical (unpaired) electrons. The molecule has 0 spiro atoms. The topological polar surface area (TPSA) is 36.8 Å². The molecule has 2 heterocycles. The van der Waals surface area contributed by atoms with E-state index in [2.05, 4.69) is 21.6 Å². The molecule has 3 nitrogen and oxygen atoms in total. The molecule has 0 aliphatic carbocycles. The fraction of sp³-hybridized carbons (Fsp3) is 0.429. The van der Waals surface area contributed by atoms with Crippen LogP contribution in [-0.2, 0) is 0 Å². The molecule has 0 aromatic carbocycles. The van der Waals surface area contributed by atoms with Gasteiger partial charge in [-0.1, -0.05) is 6.08 Å². The molecule has 2 aliphatic heterocycles. The quantitative estimate of drug-likeness (QED) is 0.517. The van der Waals surface area contributed by atoms with Crippen molar-refractivity contribution >= 4 is 12.4 Å². The van der Waals surface area contributed by atoms with Crippen molar-refractivity contribution in [3.63, 3.8) is 0 Å². The van der Waals surface area contributed by atoms with Crippen LogP contribution in [0.1, 0.15) is 6.92 Å². The monoisotopic (exact) mass is 135 g/mol. The molecular formula is C7H9N3. The molecule has 0 bridgehead atoms. The Balaban J connectivity index is 2.26. The van der Waals surface area contributed by atoms with Crippen LogP contribution in [0.5, 0.6) is 0 Å². The zero-order valence-electron chi connectivity index (χ0n) is 5.78. The lowest BCUT2D eigenvalue weighted by molar-refractivity contribution is 0.548. The fourth-order valence-corrected chi connectivity index (χ4v) is 1.18. The summed E-state index contributed by atoms with van der Waals surface area (Å²) in [6.45, 7) is 2.05. The summed E-state index contributed by atoms with van der Waals surface area (Å²) in [7, 11) is 0. The van der Waals surface area contributed by atoms with Gasteiger partial charge in [0.2, 0.25) is 0 Å². The Morgan fingerprint density at radius 2 is 2.50 bits per heavy atom. The van der Waals surface area contributed by atoms with Crippen molar-refractivity contribution in [2.45, 2.75) is 13.1 Å². The molecule has 10 heavy (non-hydrogen) atoms. The average molecular weight is 135 g/mol. The van der Waals surface area contributed by atoms with Crippen molar-refractivity contribution in [3.8, 4) is 0 Å². The van der Waals surface area contributed by atoms with Gasteiger partial charge in [0.1, 0.15) is 6.17 Å². The van der Waals surface area contributed by atoms with E-state index in [1.165, 1.54) is 5.57 Å². The second kappa shape index (κ2) is 1.94. The number of hydrazone groups is 1. The van der Waals surface area contributed by atoms with Gasteiger partial charge in [0.25, 0.3) is 0 Å². The molecule has 0 saturated carbocycles. The summed E-state index contributed by atoms with van der Waals surface area (Å²) in [6, 6.07) is 0. The highest BCUT2D eigenvalue weighted by molar-refractivity contribution is 5.82. The van der Waals surface area contributed by atoms with Crippen LogP contribution in [0.3, 0.4) is 0 Å². The number of allylic oxidation sites excluding steroid dienone is 1. The molecule has 0 saturated heterocycles. The third-order valence-corrected chi connectivity index (χ3v) is 1.71. The highest BCUT2D eigenvalue weighted by atomic mass is 15.4. The number of dihydropyridines is 1. The second-order valence-corrected chi connectivity index (χ2v) is 2.62. The average Bonchev–Trinajstić information content (AvgIpc) is 2.33. The Bertz CT molecular complexity index is 227. The van der Waals surface area contributed by atoms with E-state index in [0.29, 0.717) is 5.92 Å². The largest absolute Gasteiger partial charge is 0.285 e. The van der Waals surface area contributed by atoms with Gasteiger partial charge in [-0.25, -0.2) is 0 Å². The van der Waals surface area contributed by atoms with E-state index in [4.69, 9.17) is 0 Å². The standard InChI is InChI=1S/C7H9N3/c1-5-2-6-4-9-10-7(6)8-3-5/h2-4,6-7,10H,1H3. The lowest BCUT2D eigenvalue weighted by Gasteiger charge is -2.14. The lowest BCUT2D eigenvalue weighted by atomic mass is 10.0. The van der Waals surface area contributed by atoms with E-state index in [-0.39, 0.29) is 6.17 Å². The molecule has 1 N–H and O–H groups in total. The highest BCUT2D eigenvalue weighted by Gasteiger charge is 2.22. The summed E-state index contributed by atoms with van der Waals surface area (Å²) >= 11 is 0. The van der Waals surface area contributed by atoms with E-state index in [1.807, 2.05) is 19.4 Å². The van der Waals surface area contributed by atoms with Gasteiger partial charge in [0, 0.05) is 12.4 Å². The maximum Gasteiger partial charge on any atom is 0.145 e. The molecule has 2 rings (SSSR count). The molecule has 0 fully saturated rings. The van der Waals surface area contributed by atoms with Gasteiger partial charge in [-0.15, -0.1) is 0 Å². The van der Waals surface area contributed by atoms with Crippen molar-refractivity contribution in [2.75, 3.05) is 0 Å². The van der Waals surface area contributed by atoms with Gasteiger partial charge in [-0.05, 0) is 12.5 Å². The van der Waals surface area contributed by atoms with E-state index in [1.54, 1.807) is 0 Å². The van der Waals surface area contributed by atoms with E-state index >= 15 is 0 Å². The minimum absolute atomic E-state index is 0.170. The van der Waals surface area contributed by atoms with Crippen molar-refractivity contribution < 1.29 is 0 Å². The van der Waals surface area contributed by atoms with Crippen LogP contribution in [0.4, 0.5) is 0 Å². The summed E-state index contributed by atoms with van der Waals surface area (Å²) in [6.07, 6.45) is 6.11. The Labute approximate surface area is 59.5 Å². The number of hydrogen-bond acceptors (Lipinski definition) is 3. The SMILES string of the molecule is CC1=CC2C=NNC2N=C1. The van der Waals surface area contributed by atoms with Crippen molar-refractivity contribution in [2.24, 2.45) is 16.0 Å². The molecule has 2 aliphatic rings. The first-order valence-corrected chi connectivity index (χ1v) is 3.36. The normalized spacial score (nSPS) is 35.1. The van der Waals surface area contributed by atoms with Crippen LogP contribution in [0, 0.1) is 5.92 Å².